The Balaban J connectivity index is 3.09. The van der Waals surface area contributed by atoms with E-state index in [1.54, 1.807) is 0 Å². The minimum absolute atomic E-state index is 0.0170. The number of rotatable bonds is 8. The van der Waals surface area contributed by atoms with Crippen LogP contribution in [0.15, 0.2) is 0 Å². The lowest BCUT2D eigenvalue weighted by Gasteiger charge is -2.03. The van der Waals surface area contributed by atoms with Crippen LogP contribution in [-0.4, -0.2) is 51.6 Å². The van der Waals surface area contributed by atoms with Gasteiger partial charge in [0.25, 0.3) is 10.1 Å². The second-order valence-electron chi connectivity index (χ2n) is 2.44. The molecular formula is C6H16N2O4S. The molecule has 0 saturated carbocycles. The van der Waals surface area contributed by atoms with Crippen molar-refractivity contribution in [3.63, 3.8) is 0 Å². The molecule has 4 N–H and O–H groups in total. The first-order valence-electron chi connectivity index (χ1n) is 4.00. The van der Waals surface area contributed by atoms with Crippen molar-refractivity contribution in [2.24, 2.45) is 5.73 Å². The Morgan fingerprint density at radius 1 is 1.31 bits per heavy atom. The van der Waals surface area contributed by atoms with E-state index in [2.05, 4.69) is 5.32 Å². The van der Waals surface area contributed by atoms with Gasteiger partial charge in [0.2, 0.25) is 0 Å². The normalized spacial score (nSPS) is 11.8. The molecule has 0 saturated heterocycles. The van der Waals surface area contributed by atoms with E-state index >= 15 is 0 Å². The van der Waals surface area contributed by atoms with Gasteiger partial charge in [-0.3, -0.25) is 4.55 Å². The van der Waals surface area contributed by atoms with Gasteiger partial charge >= 0.3 is 0 Å². The van der Waals surface area contributed by atoms with Crippen LogP contribution in [0.1, 0.15) is 0 Å². The SMILES string of the molecule is NCCNCCOCCS(=O)(=O)O. The number of nitrogens with two attached hydrogens (primary N) is 1. The summed E-state index contributed by atoms with van der Waals surface area (Å²) in [6.45, 7) is 2.33. The molecule has 0 bridgehead atoms. The van der Waals surface area contributed by atoms with E-state index < -0.39 is 10.1 Å². The number of ether oxygens (including phenoxy) is 1. The Morgan fingerprint density at radius 2 is 2.00 bits per heavy atom. The van der Waals surface area contributed by atoms with Crippen LogP contribution in [-0.2, 0) is 14.9 Å². The molecule has 6 nitrogen and oxygen atoms in total. The van der Waals surface area contributed by atoms with Crippen LogP contribution >= 0.6 is 0 Å². The zero-order chi connectivity index (χ0) is 10.2. The van der Waals surface area contributed by atoms with Crippen LogP contribution in [0.3, 0.4) is 0 Å². The Labute approximate surface area is 78.2 Å². The third-order valence-electron chi connectivity index (χ3n) is 1.23. The third-order valence-corrected chi connectivity index (χ3v) is 1.91. The average molecular weight is 212 g/mol. The van der Waals surface area contributed by atoms with Crippen molar-refractivity contribution in [3.05, 3.63) is 0 Å². The van der Waals surface area contributed by atoms with Crippen molar-refractivity contribution in [2.45, 2.75) is 0 Å². The van der Waals surface area contributed by atoms with Gasteiger partial charge in [-0.05, 0) is 0 Å². The van der Waals surface area contributed by atoms with Crippen molar-refractivity contribution < 1.29 is 17.7 Å². The molecule has 0 radical (unpaired) electrons. The first kappa shape index (κ1) is 12.8. The molecule has 0 aromatic rings. The Hall–Kier alpha value is -0.210. The second kappa shape index (κ2) is 7.22. The molecule has 0 unspecified atom stereocenters. The first-order chi connectivity index (χ1) is 6.06. The van der Waals surface area contributed by atoms with E-state index in [0.29, 0.717) is 26.2 Å². The zero-order valence-electron chi connectivity index (χ0n) is 7.40. The molecule has 0 heterocycles. The van der Waals surface area contributed by atoms with E-state index in [0.717, 1.165) is 0 Å². The van der Waals surface area contributed by atoms with Gasteiger partial charge in [0.05, 0.1) is 19.0 Å². The summed E-state index contributed by atoms with van der Waals surface area (Å²) < 4.78 is 33.7. The first-order valence-corrected chi connectivity index (χ1v) is 5.61. The van der Waals surface area contributed by atoms with Crippen LogP contribution in [0.2, 0.25) is 0 Å². The molecule has 80 valence electrons. The maximum atomic E-state index is 10.2. The van der Waals surface area contributed by atoms with E-state index in [9.17, 15) is 8.42 Å². The molecule has 0 fully saturated rings. The number of hydrogen-bond acceptors (Lipinski definition) is 5. The summed E-state index contributed by atoms with van der Waals surface area (Å²) in [6.07, 6.45) is 0. The Morgan fingerprint density at radius 3 is 2.54 bits per heavy atom. The highest BCUT2D eigenvalue weighted by Gasteiger charge is 2.02. The second-order valence-corrected chi connectivity index (χ2v) is 4.01. The molecule has 7 heteroatoms. The van der Waals surface area contributed by atoms with Crippen LogP contribution in [0.4, 0.5) is 0 Å². The third kappa shape index (κ3) is 11.8. The fourth-order valence-electron chi connectivity index (χ4n) is 0.638. The zero-order valence-corrected chi connectivity index (χ0v) is 8.22. The summed E-state index contributed by atoms with van der Waals surface area (Å²) in [5.41, 5.74) is 5.21. The number of hydrogen-bond donors (Lipinski definition) is 3. The molecule has 0 aliphatic heterocycles. The van der Waals surface area contributed by atoms with Crippen LogP contribution < -0.4 is 11.1 Å². The van der Waals surface area contributed by atoms with Gasteiger partial charge < -0.3 is 15.8 Å². The molecule has 0 atom stereocenters. The topological polar surface area (TPSA) is 102 Å². The molecule has 0 amide bonds. The van der Waals surface area contributed by atoms with Gasteiger partial charge in [0.1, 0.15) is 0 Å². The predicted molar refractivity (Wildman–Crippen MR) is 49.2 cm³/mol. The highest BCUT2D eigenvalue weighted by molar-refractivity contribution is 7.85. The fourth-order valence-corrected chi connectivity index (χ4v) is 0.966. The number of nitrogens with one attached hydrogen (secondary N) is 1. The largest absolute Gasteiger partial charge is 0.379 e. The van der Waals surface area contributed by atoms with Crippen molar-refractivity contribution in [1.29, 1.82) is 0 Å². The van der Waals surface area contributed by atoms with Gasteiger partial charge in [0.15, 0.2) is 0 Å². The standard InChI is InChI=1S/C6H16N2O4S/c7-1-2-8-3-4-12-5-6-13(9,10)11/h8H,1-7H2,(H,9,10,11). The lowest BCUT2D eigenvalue weighted by atomic mass is 10.6. The summed E-state index contributed by atoms with van der Waals surface area (Å²) in [6, 6.07) is 0. The molecule has 0 aromatic heterocycles. The highest BCUT2D eigenvalue weighted by Crippen LogP contribution is 1.82. The van der Waals surface area contributed by atoms with Crippen LogP contribution in [0, 0.1) is 0 Å². The van der Waals surface area contributed by atoms with Gasteiger partial charge in [0, 0.05) is 19.6 Å². The Bertz CT molecular complexity index is 205. The molecule has 0 aromatic carbocycles. The summed E-state index contributed by atoms with van der Waals surface area (Å²) >= 11 is 0. The van der Waals surface area contributed by atoms with Gasteiger partial charge in [-0.25, -0.2) is 0 Å². The minimum Gasteiger partial charge on any atom is -0.379 e. The molecule has 0 rings (SSSR count). The molecule has 0 spiro atoms. The van der Waals surface area contributed by atoms with Crippen molar-refractivity contribution in [2.75, 3.05) is 38.6 Å². The molecule has 13 heavy (non-hydrogen) atoms. The van der Waals surface area contributed by atoms with Gasteiger partial charge in [-0.2, -0.15) is 8.42 Å². The summed E-state index contributed by atoms with van der Waals surface area (Å²) in [5, 5.41) is 2.97. The lowest BCUT2D eigenvalue weighted by Crippen LogP contribution is -2.26. The van der Waals surface area contributed by atoms with Crippen molar-refractivity contribution in [1.82, 2.24) is 5.32 Å². The monoisotopic (exact) mass is 212 g/mol. The maximum Gasteiger partial charge on any atom is 0.267 e. The lowest BCUT2D eigenvalue weighted by molar-refractivity contribution is 0.150. The van der Waals surface area contributed by atoms with Gasteiger partial charge in [-0.15, -0.1) is 0 Å². The summed E-state index contributed by atoms with van der Waals surface area (Å²) in [7, 11) is -3.89. The van der Waals surface area contributed by atoms with Crippen LogP contribution in [0.5, 0.6) is 0 Å². The average Bonchev–Trinajstić information content (AvgIpc) is 2.01. The quantitative estimate of drug-likeness (QED) is 0.332. The molecular weight excluding hydrogens is 196 g/mol. The van der Waals surface area contributed by atoms with E-state index in [4.69, 9.17) is 15.0 Å². The van der Waals surface area contributed by atoms with Crippen molar-refractivity contribution >= 4 is 10.1 Å². The minimum atomic E-state index is -3.89. The molecule has 0 aliphatic rings. The predicted octanol–water partition coefficient (Wildman–Crippen LogP) is -1.56. The van der Waals surface area contributed by atoms with Crippen molar-refractivity contribution in [3.8, 4) is 0 Å². The van der Waals surface area contributed by atoms with E-state index in [-0.39, 0.29) is 12.4 Å². The van der Waals surface area contributed by atoms with Gasteiger partial charge in [-0.1, -0.05) is 0 Å². The highest BCUT2D eigenvalue weighted by atomic mass is 32.2. The van der Waals surface area contributed by atoms with E-state index in [1.165, 1.54) is 0 Å². The Kier molecular flexibility index (Phi) is 7.10. The summed E-state index contributed by atoms with van der Waals surface area (Å²) in [5.74, 6) is -0.357. The van der Waals surface area contributed by atoms with Crippen LogP contribution in [0.25, 0.3) is 0 Å². The smallest absolute Gasteiger partial charge is 0.267 e. The fraction of sp³-hybridized carbons (Fsp3) is 1.00. The maximum absolute atomic E-state index is 10.2. The van der Waals surface area contributed by atoms with E-state index in [1.807, 2.05) is 0 Å². The molecule has 0 aliphatic carbocycles. The summed E-state index contributed by atoms with van der Waals surface area (Å²) in [4.78, 5) is 0.